The van der Waals surface area contributed by atoms with Crippen molar-refractivity contribution >= 4 is 0 Å². The van der Waals surface area contributed by atoms with Gasteiger partial charge in [0, 0.05) is 19.6 Å². The summed E-state index contributed by atoms with van der Waals surface area (Å²) in [6.45, 7) is 2.10. The topological polar surface area (TPSA) is 32.7 Å². The summed E-state index contributed by atoms with van der Waals surface area (Å²) in [5, 5.41) is 9.33. The molecule has 100 valence electrons. The highest BCUT2D eigenvalue weighted by Gasteiger charge is 2.32. The summed E-state index contributed by atoms with van der Waals surface area (Å²) in [5.74, 6) is 0. The molecule has 1 aromatic rings. The fourth-order valence-electron chi connectivity index (χ4n) is 2.09. The van der Waals surface area contributed by atoms with Gasteiger partial charge in [-0.25, -0.2) is 8.78 Å². The Balaban J connectivity index is 1.91. The second-order valence-electron chi connectivity index (χ2n) is 4.46. The van der Waals surface area contributed by atoms with Crippen molar-refractivity contribution in [1.82, 2.24) is 4.90 Å². The Morgan fingerprint density at radius 2 is 2.06 bits per heavy atom. The molecule has 0 amide bonds. The monoisotopic (exact) mass is 257 g/mol. The Kier molecular flexibility index (Phi) is 4.63. The van der Waals surface area contributed by atoms with Gasteiger partial charge in [-0.05, 0) is 5.56 Å². The number of hydrogen-bond acceptors (Lipinski definition) is 3. The molecule has 1 aliphatic heterocycles. The molecule has 0 saturated carbocycles. The standard InChI is InChI=1S/C13H17F2NO2/c14-13(15)12(17)11-9-16(6-7-18-11)8-10-4-2-1-3-5-10/h1-5,11-13,17H,6-9H2. The number of ether oxygens (including phenoxy) is 1. The van der Waals surface area contributed by atoms with E-state index >= 15 is 0 Å². The largest absolute Gasteiger partial charge is 0.384 e. The number of rotatable bonds is 4. The molecule has 3 nitrogen and oxygen atoms in total. The summed E-state index contributed by atoms with van der Waals surface area (Å²) in [4.78, 5) is 2.02. The van der Waals surface area contributed by atoms with Gasteiger partial charge in [0.15, 0.2) is 0 Å². The molecule has 2 atom stereocenters. The normalized spacial score (nSPS) is 23.2. The molecule has 0 aromatic heterocycles. The molecule has 1 N–H and O–H groups in total. The number of morpholine rings is 1. The van der Waals surface area contributed by atoms with Gasteiger partial charge in [0.1, 0.15) is 12.2 Å². The lowest BCUT2D eigenvalue weighted by atomic mass is 10.1. The minimum atomic E-state index is -2.76. The summed E-state index contributed by atoms with van der Waals surface area (Å²) in [7, 11) is 0. The minimum Gasteiger partial charge on any atom is -0.384 e. The van der Waals surface area contributed by atoms with E-state index in [0.717, 1.165) is 5.56 Å². The fraction of sp³-hybridized carbons (Fsp3) is 0.538. The zero-order valence-electron chi connectivity index (χ0n) is 10.0. The summed E-state index contributed by atoms with van der Waals surface area (Å²) in [5.41, 5.74) is 1.13. The third-order valence-corrected chi connectivity index (χ3v) is 3.07. The second kappa shape index (κ2) is 6.22. The summed E-state index contributed by atoms with van der Waals surface area (Å²) in [6.07, 6.45) is -5.27. The first kappa shape index (κ1) is 13.4. The average Bonchev–Trinajstić information content (AvgIpc) is 2.39. The molecule has 0 radical (unpaired) electrons. The van der Waals surface area contributed by atoms with Crippen molar-refractivity contribution in [3.63, 3.8) is 0 Å². The lowest BCUT2D eigenvalue weighted by molar-refractivity contribution is -0.134. The van der Waals surface area contributed by atoms with Crippen molar-refractivity contribution in [3.05, 3.63) is 35.9 Å². The van der Waals surface area contributed by atoms with E-state index < -0.39 is 18.6 Å². The van der Waals surface area contributed by atoms with Crippen molar-refractivity contribution in [2.75, 3.05) is 19.7 Å². The Morgan fingerprint density at radius 1 is 1.33 bits per heavy atom. The molecule has 0 aliphatic carbocycles. The third kappa shape index (κ3) is 3.48. The molecule has 2 unspecified atom stereocenters. The molecular weight excluding hydrogens is 240 g/mol. The molecule has 1 saturated heterocycles. The van der Waals surface area contributed by atoms with Crippen molar-refractivity contribution in [1.29, 1.82) is 0 Å². The van der Waals surface area contributed by atoms with Gasteiger partial charge < -0.3 is 9.84 Å². The summed E-state index contributed by atoms with van der Waals surface area (Å²) in [6, 6.07) is 9.82. The average molecular weight is 257 g/mol. The van der Waals surface area contributed by atoms with Crippen molar-refractivity contribution < 1.29 is 18.6 Å². The Hall–Kier alpha value is -1.04. The van der Waals surface area contributed by atoms with Crippen LogP contribution in [0.5, 0.6) is 0 Å². The molecule has 1 fully saturated rings. The first-order valence-electron chi connectivity index (χ1n) is 6.01. The van der Waals surface area contributed by atoms with E-state index in [4.69, 9.17) is 4.74 Å². The Labute approximate surface area is 105 Å². The van der Waals surface area contributed by atoms with Crippen molar-refractivity contribution in [2.24, 2.45) is 0 Å². The first-order chi connectivity index (χ1) is 8.66. The van der Waals surface area contributed by atoms with Gasteiger partial charge in [0.05, 0.1) is 6.61 Å². The van der Waals surface area contributed by atoms with Crippen molar-refractivity contribution in [3.8, 4) is 0 Å². The van der Waals surface area contributed by atoms with Crippen LogP contribution in [0.1, 0.15) is 5.56 Å². The van der Waals surface area contributed by atoms with Gasteiger partial charge in [-0.2, -0.15) is 0 Å². The van der Waals surface area contributed by atoms with Crippen molar-refractivity contribution in [2.45, 2.75) is 25.2 Å². The van der Waals surface area contributed by atoms with Crippen LogP contribution in [-0.4, -0.2) is 48.3 Å². The SMILES string of the molecule is OC(C(F)F)C1CN(Cc2ccccc2)CCO1. The predicted molar refractivity (Wildman–Crippen MR) is 63.5 cm³/mol. The lowest BCUT2D eigenvalue weighted by Crippen LogP contribution is -2.49. The molecule has 0 bridgehead atoms. The number of nitrogens with zero attached hydrogens (tertiary/aromatic N) is 1. The molecule has 18 heavy (non-hydrogen) atoms. The van der Waals surface area contributed by atoms with Gasteiger partial charge in [-0.15, -0.1) is 0 Å². The highest BCUT2D eigenvalue weighted by Crippen LogP contribution is 2.16. The maximum absolute atomic E-state index is 12.4. The van der Waals surface area contributed by atoms with Crippen LogP contribution in [0, 0.1) is 0 Å². The highest BCUT2D eigenvalue weighted by molar-refractivity contribution is 5.14. The summed E-state index contributed by atoms with van der Waals surface area (Å²) < 4.78 is 30.0. The van der Waals surface area contributed by atoms with Gasteiger partial charge in [-0.1, -0.05) is 30.3 Å². The van der Waals surface area contributed by atoms with Gasteiger partial charge in [0.2, 0.25) is 0 Å². The van der Waals surface area contributed by atoms with Crippen LogP contribution in [0.15, 0.2) is 30.3 Å². The maximum atomic E-state index is 12.4. The number of alkyl halides is 2. The predicted octanol–water partition coefficient (Wildman–Crippen LogP) is 1.51. The zero-order valence-corrected chi connectivity index (χ0v) is 10.0. The number of benzene rings is 1. The van der Waals surface area contributed by atoms with Crippen LogP contribution in [0.2, 0.25) is 0 Å². The molecular formula is C13H17F2NO2. The lowest BCUT2D eigenvalue weighted by Gasteiger charge is -2.34. The number of hydrogen-bond donors (Lipinski definition) is 1. The molecule has 2 rings (SSSR count). The molecule has 1 aromatic carbocycles. The third-order valence-electron chi connectivity index (χ3n) is 3.07. The maximum Gasteiger partial charge on any atom is 0.266 e. The number of halogens is 2. The van der Waals surface area contributed by atoms with Crippen LogP contribution in [0.3, 0.4) is 0 Å². The van der Waals surface area contributed by atoms with Crippen LogP contribution in [0.25, 0.3) is 0 Å². The van der Waals surface area contributed by atoms with Crippen LogP contribution < -0.4 is 0 Å². The van der Waals surface area contributed by atoms with E-state index in [9.17, 15) is 13.9 Å². The molecule has 5 heteroatoms. The van der Waals surface area contributed by atoms with Gasteiger partial charge in [0.25, 0.3) is 6.43 Å². The number of aliphatic hydroxyl groups excluding tert-OH is 1. The smallest absolute Gasteiger partial charge is 0.266 e. The molecule has 1 aliphatic rings. The van der Waals surface area contributed by atoms with Gasteiger partial charge >= 0.3 is 0 Å². The zero-order chi connectivity index (χ0) is 13.0. The van der Waals surface area contributed by atoms with Crippen LogP contribution in [-0.2, 0) is 11.3 Å². The Bertz CT molecular complexity index is 361. The fourth-order valence-corrected chi connectivity index (χ4v) is 2.09. The minimum absolute atomic E-state index is 0.334. The van der Waals surface area contributed by atoms with E-state index in [1.807, 2.05) is 35.2 Å². The summed E-state index contributed by atoms with van der Waals surface area (Å²) >= 11 is 0. The van der Waals surface area contributed by atoms with Crippen LogP contribution in [0.4, 0.5) is 8.78 Å². The molecule has 0 spiro atoms. The van der Waals surface area contributed by atoms with Gasteiger partial charge in [-0.3, -0.25) is 4.90 Å². The van der Waals surface area contributed by atoms with Crippen LogP contribution >= 0.6 is 0 Å². The van der Waals surface area contributed by atoms with E-state index in [1.165, 1.54) is 0 Å². The molecule has 1 heterocycles. The first-order valence-corrected chi connectivity index (χ1v) is 6.01. The van der Waals surface area contributed by atoms with E-state index in [2.05, 4.69) is 0 Å². The quantitative estimate of drug-likeness (QED) is 0.887. The Morgan fingerprint density at radius 3 is 2.72 bits per heavy atom. The van der Waals surface area contributed by atoms with E-state index in [0.29, 0.717) is 26.2 Å². The second-order valence-corrected chi connectivity index (χ2v) is 4.46. The van der Waals surface area contributed by atoms with E-state index in [1.54, 1.807) is 0 Å². The highest BCUT2D eigenvalue weighted by atomic mass is 19.3. The van der Waals surface area contributed by atoms with E-state index in [-0.39, 0.29) is 0 Å². The number of aliphatic hydroxyl groups is 1.